The molecule has 1 unspecified atom stereocenters. The summed E-state index contributed by atoms with van der Waals surface area (Å²) in [5.41, 5.74) is 1.68. The average Bonchev–Trinajstić information content (AvgIpc) is 2.93. The minimum Gasteiger partial charge on any atom is -0.508 e. The van der Waals surface area contributed by atoms with E-state index in [4.69, 9.17) is 9.47 Å². The Balaban J connectivity index is 1.74. The normalized spacial score (nSPS) is 11.3. The highest BCUT2D eigenvalue weighted by atomic mass is 16.5. The van der Waals surface area contributed by atoms with Gasteiger partial charge in [-0.3, -0.25) is 14.4 Å². The maximum Gasteiger partial charge on any atom is 0.255 e. The Morgan fingerprint density at radius 2 is 1.61 bits per heavy atom. The number of aromatic hydroxyl groups is 1. The van der Waals surface area contributed by atoms with Crippen molar-refractivity contribution in [1.29, 1.82) is 0 Å². The van der Waals surface area contributed by atoms with Crippen LogP contribution in [0.1, 0.15) is 39.6 Å². The Hall–Kier alpha value is -4.37. The van der Waals surface area contributed by atoms with Gasteiger partial charge in [0.05, 0.1) is 25.0 Å². The largest absolute Gasteiger partial charge is 0.508 e. The molecule has 0 heterocycles. The standard InChI is InChI=1S/C29H33N3O6/c1-3-17-38-18-16-30-29(36)26(19-20-8-12-22(33)13-9-20)32-28(35)24-6-4-5-7-25(24)31-27(34)21-10-14-23(37-2)15-11-21/h4-15,26,33H,3,16-19H2,1-2H3,(H,30,36)(H,31,34)(H,32,35). The van der Waals surface area contributed by atoms with Gasteiger partial charge in [0.2, 0.25) is 5.91 Å². The molecule has 3 aromatic carbocycles. The van der Waals surface area contributed by atoms with Gasteiger partial charge in [-0.1, -0.05) is 31.2 Å². The van der Waals surface area contributed by atoms with Crippen LogP contribution in [-0.2, 0) is 16.0 Å². The van der Waals surface area contributed by atoms with Gasteiger partial charge in [-0.05, 0) is 60.5 Å². The third-order valence-corrected chi connectivity index (χ3v) is 5.66. The monoisotopic (exact) mass is 519 g/mol. The molecule has 0 saturated heterocycles. The molecule has 200 valence electrons. The number of hydrogen-bond donors (Lipinski definition) is 4. The topological polar surface area (TPSA) is 126 Å². The Morgan fingerprint density at radius 1 is 0.895 bits per heavy atom. The van der Waals surface area contributed by atoms with Crippen molar-refractivity contribution in [3.05, 3.63) is 89.5 Å². The molecule has 0 bridgehead atoms. The summed E-state index contributed by atoms with van der Waals surface area (Å²) in [6.07, 6.45) is 1.08. The first-order chi connectivity index (χ1) is 18.4. The van der Waals surface area contributed by atoms with E-state index in [2.05, 4.69) is 16.0 Å². The molecule has 0 aliphatic heterocycles. The summed E-state index contributed by atoms with van der Waals surface area (Å²) in [7, 11) is 1.54. The number of carbonyl (C=O) groups excluding carboxylic acids is 3. The number of amides is 3. The molecule has 3 aromatic rings. The quantitative estimate of drug-likeness (QED) is 0.256. The molecule has 0 radical (unpaired) electrons. The molecule has 0 fully saturated rings. The predicted octanol–water partition coefficient (Wildman–Crippen LogP) is 3.54. The molecule has 1 atom stereocenters. The molecular formula is C29H33N3O6. The summed E-state index contributed by atoms with van der Waals surface area (Å²) >= 11 is 0. The number of anilines is 1. The number of phenols is 1. The number of methoxy groups -OCH3 is 1. The highest BCUT2D eigenvalue weighted by Crippen LogP contribution is 2.19. The van der Waals surface area contributed by atoms with E-state index in [9.17, 15) is 19.5 Å². The second-order valence-corrected chi connectivity index (χ2v) is 8.53. The smallest absolute Gasteiger partial charge is 0.255 e. The lowest BCUT2D eigenvalue weighted by Crippen LogP contribution is -2.48. The van der Waals surface area contributed by atoms with Crippen LogP contribution in [0.25, 0.3) is 0 Å². The molecule has 38 heavy (non-hydrogen) atoms. The highest BCUT2D eigenvalue weighted by Gasteiger charge is 2.23. The number of carbonyl (C=O) groups is 3. The zero-order valence-electron chi connectivity index (χ0n) is 21.5. The van der Waals surface area contributed by atoms with Crippen molar-refractivity contribution < 1.29 is 29.0 Å². The van der Waals surface area contributed by atoms with Gasteiger partial charge >= 0.3 is 0 Å². The van der Waals surface area contributed by atoms with Crippen molar-refractivity contribution in [2.45, 2.75) is 25.8 Å². The number of phenolic OH excluding ortho intramolecular Hbond substituents is 1. The second-order valence-electron chi connectivity index (χ2n) is 8.53. The van der Waals surface area contributed by atoms with Crippen LogP contribution in [0.15, 0.2) is 72.8 Å². The Bertz CT molecular complexity index is 1210. The van der Waals surface area contributed by atoms with Gasteiger partial charge in [-0.2, -0.15) is 0 Å². The maximum absolute atomic E-state index is 13.3. The summed E-state index contributed by atoms with van der Waals surface area (Å²) < 4.78 is 10.5. The van der Waals surface area contributed by atoms with E-state index < -0.39 is 17.9 Å². The average molecular weight is 520 g/mol. The van der Waals surface area contributed by atoms with Gasteiger partial charge in [-0.15, -0.1) is 0 Å². The molecule has 0 spiro atoms. The van der Waals surface area contributed by atoms with Crippen molar-refractivity contribution in [3.63, 3.8) is 0 Å². The Morgan fingerprint density at radius 3 is 2.29 bits per heavy atom. The lowest BCUT2D eigenvalue weighted by Gasteiger charge is -2.20. The van der Waals surface area contributed by atoms with Crippen LogP contribution in [0.3, 0.4) is 0 Å². The third kappa shape index (κ3) is 8.35. The van der Waals surface area contributed by atoms with Crippen molar-refractivity contribution in [3.8, 4) is 11.5 Å². The van der Waals surface area contributed by atoms with Crippen LogP contribution in [0.2, 0.25) is 0 Å². The fourth-order valence-electron chi connectivity index (χ4n) is 3.66. The van der Waals surface area contributed by atoms with Crippen LogP contribution < -0.4 is 20.7 Å². The minimum absolute atomic E-state index is 0.105. The van der Waals surface area contributed by atoms with Crippen molar-refractivity contribution in [2.24, 2.45) is 0 Å². The summed E-state index contributed by atoms with van der Waals surface area (Å²) in [5, 5.41) is 18.0. The minimum atomic E-state index is -0.899. The van der Waals surface area contributed by atoms with E-state index in [-0.39, 0.29) is 23.6 Å². The molecule has 9 heteroatoms. The number of para-hydroxylation sites is 1. The van der Waals surface area contributed by atoms with Gasteiger partial charge < -0.3 is 30.5 Å². The summed E-state index contributed by atoms with van der Waals surface area (Å²) in [6, 6.07) is 18.7. The van der Waals surface area contributed by atoms with Crippen LogP contribution in [0.4, 0.5) is 5.69 Å². The Labute approximate surface area is 222 Å². The van der Waals surface area contributed by atoms with E-state index in [0.29, 0.717) is 36.8 Å². The molecule has 0 saturated carbocycles. The van der Waals surface area contributed by atoms with E-state index in [0.717, 1.165) is 12.0 Å². The van der Waals surface area contributed by atoms with Crippen LogP contribution in [-0.4, -0.2) is 55.7 Å². The zero-order chi connectivity index (χ0) is 27.3. The highest BCUT2D eigenvalue weighted by molar-refractivity contribution is 6.09. The molecule has 4 N–H and O–H groups in total. The Kier molecular flexibility index (Phi) is 10.7. The van der Waals surface area contributed by atoms with Crippen LogP contribution in [0, 0.1) is 0 Å². The first kappa shape index (κ1) is 28.2. The second kappa shape index (κ2) is 14.4. The summed E-state index contributed by atoms with van der Waals surface area (Å²) in [5.74, 6) is -0.550. The fourth-order valence-corrected chi connectivity index (χ4v) is 3.66. The van der Waals surface area contributed by atoms with E-state index in [1.807, 2.05) is 6.92 Å². The van der Waals surface area contributed by atoms with Crippen molar-refractivity contribution in [2.75, 3.05) is 32.2 Å². The summed E-state index contributed by atoms with van der Waals surface area (Å²) in [4.78, 5) is 39.1. The van der Waals surface area contributed by atoms with E-state index in [1.165, 1.54) is 12.1 Å². The van der Waals surface area contributed by atoms with Gasteiger partial charge in [0.1, 0.15) is 17.5 Å². The first-order valence-electron chi connectivity index (χ1n) is 12.4. The van der Waals surface area contributed by atoms with Gasteiger partial charge in [0.15, 0.2) is 0 Å². The molecule has 0 aliphatic rings. The fraction of sp³-hybridized carbons (Fsp3) is 0.276. The van der Waals surface area contributed by atoms with E-state index in [1.54, 1.807) is 67.8 Å². The van der Waals surface area contributed by atoms with E-state index >= 15 is 0 Å². The molecule has 3 amide bonds. The van der Waals surface area contributed by atoms with Gasteiger partial charge in [0.25, 0.3) is 11.8 Å². The number of hydrogen-bond acceptors (Lipinski definition) is 6. The number of ether oxygens (including phenoxy) is 2. The SMILES string of the molecule is CCCOCCNC(=O)C(Cc1ccc(O)cc1)NC(=O)c1ccccc1NC(=O)c1ccc(OC)cc1. The lowest BCUT2D eigenvalue weighted by molar-refractivity contribution is -0.123. The van der Waals surface area contributed by atoms with Crippen LogP contribution in [0.5, 0.6) is 11.5 Å². The number of nitrogens with one attached hydrogen (secondary N) is 3. The lowest BCUT2D eigenvalue weighted by atomic mass is 10.0. The van der Waals surface area contributed by atoms with Crippen molar-refractivity contribution >= 4 is 23.4 Å². The number of rotatable bonds is 13. The maximum atomic E-state index is 13.3. The summed E-state index contributed by atoms with van der Waals surface area (Å²) in [6.45, 7) is 3.26. The molecule has 0 aliphatic carbocycles. The first-order valence-corrected chi connectivity index (χ1v) is 12.4. The molecular weight excluding hydrogens is 486 g/mol. The zero-order valence-corrected chi connectivity index (χ0v) is 21.5. The van der Waals surface area contributed by atoms with Gasteiger partial charge in [0, 0.05) is 25.1 Å². The molecule has 9 nitrogen and oxygen atoms in total. The van der Waals surface area contributed by atoms with Crippen molar-refractivity contribution in [1.82, 2.24) is 10.6 Å². The molecule has 3 rings (SSSR count). The third-order valence-electron chi connectivity index (χ3n) is 5.66. The predicted molar refractivity (Wildman–Crippen MR) is 145 cm³/mol. The van der Waals surface area contributed by atoms with Gasteiger partial charge in [-0.25, -0.2) is 0 Å². The number of benzene rings is 3. The molecule has 0 aromatic heterocycles. The van der Waals surface area contributed by atoms with Crippen LogP contribution >= 0.6 is 0 Å².